The minimum Gasteiger partial charge on any atom is -0.247 e. The first-order valence-corrected chi connectivity index (χ1v) is 4.31. The maximum atomic E-state index is 5.98. The topological polar surface area (TPSA) is 40.0 Å². The Kier molecular flexibility index (Phi) is 2.06. The second-order valence-electron chi connectivity index (χ2n) is 2.79. The van der Waals surface area contributed by atoms with Gasteiger partial charge in [0, 0.05) is 5.02 Å². The van der Waals surface area contributed by atoms with E-state index in [9.17, 15) is 0 Å². The molecule has 0 aliphatic carbocycles. The van der Waals surface area contributed by atoms with Crippen LogP contribution in [-0.2, 0) is 0 Å². The molecule has 0 bridgehead atoms. The normalized spacial score (nSPS) is 14.8. The molecule has 2 rings (SSSR count). The molecule has 0 spiro atoms. The third kappa shape index (κ3) is 1.45. The van der Waals surface area contributed by atoms with Crippen LogP contribution in [0.2, 0.25) is 5.02 Å². The Balaban J connectivity index is 2.34. The number of anilines is 1. The molecular weight excluding hydrogens is 188 g/mol. The van der Waals surface area contributed by atoms with Gasteiger partial charge in [-0.05, 0) is 24.6 Å². The summed E-state index contributed by atoms with van der Waals surface area (Å²) in [5, 5.41) is 10.1. The van der Waals surface area contributed by atoms with Crippen molar-refractivity contribution >= 4 is 17.3 Å². The van der Waals surface area contributed by atoms with Crippen molar-refractivity contribution in [3.05, 3.63) is 28.8 Å². The first-order valence-electron chi connectivity index (χ1n) is 3.94. The molecule has 0 saturated heterocycles. The summed E-state index contributed by atoms with van der Waals surface area (Å²) < 4.78 is 0. The lowest BCUT2D eigenvalue weighted by atomic mass is 10.2. The zero-order chi connectivity index (χ0) is 9.26. The molecule has 0 fully saturated rings. The monoisotopic (exact) mass is 196 g/mol. The smallest absolute Gasteiger partial charge is 0.154 e. The van der Waals surface area contributed by atoms with Gasteiger partial charge in [-0.1, -0.05) is 22.9 Å². The fourth-order valence-corrected chi connectivity index (χ4v) is 1.40. The quantitative estimate of drug-likeness (QED) is 0.749. The molecule has 0 saturated carbocycles. The van der Waals surface area contributed by atoms with Gasteiger partial charge in [0.05, 0.1) is 5.69 Å². The second-order valence-corrected chi connectivity index (χ2v) is 3.20. The third-order valence-electron chi connectivity index (χ3n) is 1.97. The minimum atomic E-state index is 0.529. The van der Waals surface area contributed by atoms with Crippen molar-refractivity contribution < 1.29 is 0 Å². The highest BCUT2D eigenvalue weighted by Gasteiger charge is 2.12. The third-order valence-corrected chi connectivity index (χ3v) is 2.38. The van der Waals surface area contributed by atoms with Crippen LogP contribution in [0.1, 0.15) is 5.56 Å². The summed E-state index contributed by atoms with van der Waals surface area (Å²) in [7, 11) is 0. The Morgan fingerprint density at radius 2 is 2.38 bits per heavy atom. The first-order chi connectivity index (χ1) is 6.29. The van der Waals surface area contributed by atoms with Gasteiger partial charge in [0.1, 0.15) is 0 Å². The highest BCUT2D eigenvalue weighted by Crippen LogP contribution is 2.26. The van der Waals surface area contributed by atoms with E-state index in [4.69, 9.17) is 11.6 Å². The summed E-state index contributed by atoms with van der Waals surface area (Å²) in [5.41, 5.74) is 4.82. The van der Waals surface area contributed by atoms with Crippen LogP contribution in [0.3, 0.4) is 0 Å². The van der Waals surface area contributed by atoms with Gasteiger partial charge in [-0.15, -0.1) is 5.11 Å². The summed E-state index contributed by atoms with van der Waals surface area (Å²) in [6, 6.07) is 5.75. The molecule has 4 nitrogen and oxygen atoms in total. The van der Waals surface area contributed by atoms with E-state index in [-0.39, 0.29) is 0 Å². The van der Waals surface area contributed by atoms with Gasteiger partial charge in [-0.3, -0.25) is 0 Å². The SMILES string of the molecule is Cc1c(Cl)cccc1N1CN=NN1. The van der Waals surface area contributed by atoms with E-state index in [0.717, 1.165) is 16.3 Å². The van der Waals surface area contributed by atoms with E-state index >= 15 is 0 Å². The van der Waals surface area contributed by atoms with Crippen molar-refractivity contribution in [3.63, 3.8) is 0 Å². The summed E-state index contributed by atoms with van der Waals surface area (Å²) in [4.78, 5) is 0. The van der Waals surface area contributed by atoms with Crippen LogP contribution >= 0.6 is 11.6 Å². The second kappa shape index (κ2) is 3.22. The molecule has 5 heteroatoms. The standard InChI is InChI=1S/C8H9ClN4/c1-6-7(9)3-2-4-8(6)13-5-10-11-12-13/h2-4H,5H2,1H3,(H,10,12). The molecule has 1 N–H and O–H groups in total. The van der Waals surface area contributed by atoms with Crippen LogP contribution in [0.15, 0.2) is 28.5 Å². The molecule has 1 aliphatic heterocycles. The number of rotatable bonds is 1. The van der Waals surface area contributed by atoms with E-state index < -0.39 is 0 Å². The Bertz CT molecular complexity index is 342. The van der Waals surface area contributed by atoms with E-state index in [0.29, 0.717) is 6.67 Å². The Morgan fingerprint density at radius 3 is 3.08 bits per heavy atom. The molecule has 1 aromatic rings. The zero-order valence-electron chi connectivity index (χ0n) is 7.16. The largest absolute Gasteiger partial charge is 0.247 e. The van der Waals surface area contributed by atoms with Crippen LogP contribution in [0.4, 0.5) is 5.69 Å². The number of hydrogen-bond acceptors (Lipinski definition) is 4. The summed E-state index contributed by atoms with van der Waals surface area (Å²) in [6.07, 6.45) is 0. The molecule has 68 valence electrons. The average Bonchev–Trinajstić information content (AvgIpc) is 2.62. The molecule has 1 heterocycles. The lowest BCUT2D eigenvalue weighted by Crippen LogP contribution is -2.29. The lowest BCUT2D eigenvalue weighted by molar-refractivity contribution is 0.747. The van der Waals surface area contributed by atoms with Crippen LogP contribution in [0.5, 0.6) is 0 Å². The van der Waals surface area contributed by atoms with E-state index in [1.807, 2.05) is 30.1 Å². The van der Waals surface area contributed by atoms with E-state index in [1.54, 1.807) is 0 Å². The summed E-state index contributed by atoms with van der Waals surface area (Å²) >= 11 is 5.98. The van der Waals surface area contributed by atoms with Gasteiger partial charge in [0.2, 0.25) is 0 Å². The predicted octanol–water partition coefficient (Wildman–Crippen LogP) is 2.30. The van der Waals surface area contributed by atoms with Crippen molar-refractivity contribution in [2.45, 2.75) is 6.92 Å². The molecule has 1 aromatic carbocycles. The average molecular weight is 197 g/mol. The van der Waals surface area contributed by atoms with Crippen molar-refractivity contribution in [3.8, 4) is 0 Å². The number of hydrogen-bond donors (Lipinski definition) is 1. The molecule has 0 aromatic heterocycles. The van der Waals surface area contributed by atoms with Crippen molar-refractivity contribution in [2.24, 2.45) is 10.3 Å². The number of hydrazine groups is 1. The molecule has 0 atom stereocenters. The molecule has 0 amide bonds. The van der Waals surface area contributed by atoms with Crippen LogP contribution in [-0.4, -0.2) is 6.67 Å². The maximum absolute atomic E-state index is 5.98. The molecule has 13 heavy (non-hydrogen) atoms. The summed E-state index contributed by atoms with van der Waals surface area (Å²) in [5.74, 6) is 0. The maximum Gasteiger partial charge on any atom is 0.154 e. The van der Waals surface area contributed by atoms with Crippen LogP contribution in [0, 0.1) is 6.92 Å². The Morgan fingerprint density at radius 1 is 1.54 bits per heavy atom. The minimum absolute atomic E-state index is 0.529. The molecule has 0 radical (unpaired) electrons. The van der Waals surface area contributed by atoms with Crippen LogP contribution in [0.25, 0.3) is 0 Å². The highest BCUT2D eigenvalue weighted by atomic mass is 35.5. The Hall–Kier alpha value is -1.29. The molecular formula is C8H9ClN4. The highest BCUT2D eigenvalue weighted by molar-refractivity contribution is 6.31. The number of nitrogens with zero attached hydrogens (tertiary/aromatic N) is 3. The van der Waals surface area contributed by atoms with Crippen molar-refractivity contribution in [2.75, 3.05) is 11.7 Å². The number of benzene rings is 1. The fraction of sp³-hybridized carbons (Fsp3) is 0.250. The molecule has 0 unspecified atom stereocenters. The molecule has 1 aliphatic rings. The van der Waals surface area contributed by atoms with Gasteiger partial charge in [-0.2, -0.15) is 5.53 Å². The van der Waals surface area contributed by atoms with E-state index in [1.165, 1.54) is 0 Å². The number of nitrogens with one attached hydrogen (secondary N) is 1. The summed E-state index contributed by atoms with van der Waals surface area (Å²) in [6.45, 7) is 2.50. The fourth-order valence-electron chi connectivity index (χ4n) is 1.23. The first kappa shape index (κ1) is 8.31. The van der Waals surface area contributed by atoms with Crippen LogP contribution < -0.4 is 10.5 Å². The van der Waals surface area contributed by atoms with Gasteiger partial charge >= 0.3 is 0 Å². The van der Waals surface area contributed by atoms with Crippen molar-refractivity contribution in [1.82, 2.24) is 5.53 Å². The number of halogens is 1. The van der Waals surface area contributed by atoms with Crippen molar-refractivity contribution in [1.29, 1.82) is 0 Å². The predicted molar refractivity (Wildman–Crippen MR) is 51.5 cm³/mol. The van der Waals surface area contributed by atoms with Gasteiger partial charge in [-0.25, -0.2) is 5.01 Å². The van der Waals surface area contributed by atoms with Gasteiger partial charge < -0.3 is 0 Å². The Labute approximate surface area is 81.2 Å². The van der Waals surface area contributed by atoms with E-state index in [2.05, 4.69) is 15.9 Å². The zero-order valence-corrected chi connectivity index (χ0v) is 7.91. The van der Waals surface area contributed by atoms with Gasteiger partial charge in [0.25, 0.3) is 0 Å². The van der Waals surface area contributed by atoms with Gasteiger partial charge in [0.15, 0.2) is 6.67 Å². The lowest BCUT2D eigenvalue weighted by Gasteiger charge is -2.17.